The largest absolute Gasteiger partial charge is 0.390 e. The van der Waals surface area contributed by atoms with Crippen LogP contribution in [0.4, 0.5) is 5.69 Å². The second-order valence-corrected chi connectivity index (χ2v) is 6.11. The summed E-state index contributed by atoms with van der Waals surface area (Å²) < 4.78 is 0. The first-order valence-corrected chi connectivity index (χ1v) is 8.49. The summed E-state index contributed by atoms with van der Waals surface area (Å²) in [5.74, 6) is -0.503. The number of hydrogen-bond acceptors (Lipinski definition) is 3. The molecule has 2 rings (SSSR count). The Balaban J connectivity index is 1.83. The predicted molar refractivity (Wildman–Crippen MR) is 102 cm³/mol. The summed E-state index contributed by atoms with van der Waals surface area (Å²) in [5, 5.41) is 15.5. The molecule has 0 radical (unpaired) electrons. The van der Waals surface area contributed by atoms with E-state index in [4.69, 9.17) is 28.5 Å². The summed E-state index contributed by atoms with van der Waals surface area (Å²) in [6, 6.07) is 16.7. The van der Waals surface area contributed by atoms with Gasteiger partial charge in [-0.3, -0.25) is 4.79 Å². The van der Waals surface area contributed by atoms with E-state index < -0.39 is 5.91 Å². The molecule has 0 saturated carbocycles. The predicted octanol–water partition coefficient (Wildman–Crippen LogP) is 4.56. The number of nitrogens with one attached hydrogen (secondary N) is 2. The summed E-state index contributed by atoms with van der Waals surface area (Å²) in [4.78, 5) is 12.1. The third kappa shape index (κ3) is 6.15. The van der Waals surface area contributed by atoms with Gasteiger partial charge in [-0.1, -0.05) is 53.5 Å². The van der Waals surface area contributed by atoms with Gasteiger partial charge in [0.2, 0.25) is 0 Å². The molecule has 0 bridgehead atoms. The van der Waals surface area contributed by atoms with Gasteiger partial charge in [0.05, 0.1) is 10.0 Å². The van der Waals surface area contributed by atoms with Gasteiger partial charge in [-0.05, 0) is 36.6 Å². The zero-order valence-corrected chi connectivity index (χ0v) is 14.9. The number of halogens is 2. The molecule has 2 N–H and O–H groups in total. The molecule has 0 atom stereocenters. The van der Waals surface area contributed by atoms with Crippen molar-refractivity contribution in [1.29, 1.82) is 5.26 Å². The first-order chi connectivity index (χ1) is 12.1. The molecule has 1 amide bonds. The van der Waals surface area contributed by atoms with Crippen molar-refractivity contribution >= 4 is 34.8 Å². The monoisotopic (exact) mass is 373 g/mol. The van der Waals surface area contributed by atoms with Crippen LogP contribution in [0.5, 0.6) is 0 Å². The van der Waals surface area contributed by atoms with E-state index in [1.807, 2.05) is 24.3 Å². The second kappa shape index (κ2) is 9.73. The number of rotatable bonds is 7. The van der Waals surface area contributed by atoms with Gasteiger partial charge in [0.15, 0.2) is 0 Å². The van der Waals surface area contributed by atoms with Crippen LogP contribution in [0.3, 0.4) is 0 Å². The highest BCUT2D eigenvalue weighted by molar-refractivity contribution is 6.42. The fraction of sp³-hybridized carbons (Fsp3) is 0.158. The highest BCUT2D eigenvalue weighted by Crippen LogP contribution is 2.25. The maximum Gasteiger partial charge on any atom is 0.267 e. The van der Waals surface area contributed by atoms with E-state index in [0.29, 0.717) is 22.3 Å². The molecule has 2 aromatic carbocycles. The van der Waals surface area contributed by atoms with Crippen molar-refractivity contribution in [1.82, 2.24) is 5.32 Å². The van der Waals surface area contributed by atoms with E-state index in [1.54, 1.807) is 12.1 Å². The van der Waals surface area contributed by atoms with Gasteiger partial charge in [-0.2, -0.15) is 5.26 Å². The van der Waals surface area contributed by atoms with Gasteiger partial charge in [0.25, 0.3) is 5.91 Å². The van der Waals surface area contributed by atoms with Crippen LogP contribution in [-0.4, -0.2) is 12.5 Å². The number of hydrogen-bond donors (Lipinski definition) is 2. The van der Waals surface area contributed by atoms with E-state index in [9.17, 15) is 4.79 Å². The molecule has 0 unspecified atom stereocenters. The zero-order chi connectivity index (χ0) is 18.1. The Bertz CT molecular complexity index is 798. The van der Waals surface area contributed by atoms with E-state index in [-0.39, 0.29) is 5.57 Å². The molecule has 0 saturated heterocycles. The number of nitrogens with zero attached hydrogens (tertiary/aromatic N) is 1. The summed E-state index contributed by atoms with van der Waals surface area (Å²) in [7, 11) is 0. The molecular weight excluding hydrogens is 357 g/mol. The summed E-state index contributed by atoms with van der Waals surface area (Å²) in [5.41, 5.74) is 1.72. The Hall–Kier alpha value is -2.48. The number of benzene rings is 2. The number of aryl methyl sites for hydroxylation is 1. The minimum absolute atomic E-state index is 0.00853. The van der Waals surface area contributed by atoms with Gasteiger partial charge in [0, 0.05) is 18.4 Å². The Morgan fingerprint density at radius 2 is 1.88 bits per heavy atom. The summed E-state index contributed by atoms with van der Waals surface area (Å²) >= 11 is 11.7. The van der Waals surface area contributed by atoms with Crippen LogP contribution in [0.1, 0.15) is 12.0 Å². The minimum atomic E-state index is -0.503. The van der Waals surface area contributed by atoms with E-state index in [0.717, 1.165) is 12.8 Å². The zero-order valence-electron chi connectivity index (χ0n) is 13.4. The third-order valence-electron chi connectivity index (χ3n) is 3.42. The summed E-state index contributed by atoms with van der Waals surface area (Å²) in [6.45, 7) is 0.667. The van der Waals surface area contributed by atoms with Crippen LogP contribution in [0.25, 0.3) is 0 Å². The molecular formula is C19H17Cl2N3O. The molecule has 0 heterocycles. The molecule has 0 fully saturated rings. The molecule has 2 aromatic rings. The van der Waals surface area contributed by atoms with E-state index in [2.05, 4.69) is 22.8 Å². The lowest BCUT2D eigenvalue weighted by atomic mass is 10.1. The number of anilines is 1. The normalized spacial score (nSPS) is 10.8. The average Bonchev–Trinajstić information content (AvgIpc) is 2.62. The highest BCUT2D eigenvalue weighted by Gasteiger charge is 2.10. The average molecular weight is 374 g/mol. The standard InChI is InChI=1S/C19H17Cl2N3O/c20-17-9-8-16(11-18(17)21)24-19(25)15(12-22)13-23-10-4-7-14-5-2-1-3-6-14/h1-3,5-6,8-9,11,13,23H,4,7,10H2,(H,24,25)/b15-13-. The molecule has 4 nitrogen and oxygen atoms in total. The maximum absolute atomic E-state index is 12.1. The molecule has 0 spiro atoms. The highest BCUT2D eigenvalue weighted by atomic mass is 35.5. The van der Waals surface area contributed by atoms with Gasteiger partial charge in [0.1, 0.15) is 11.6 Å². The van der Waals surface area contributed by atoms with Gasteiger partial charge >= 0.3 is 0 Å². The fourth-order valence-corrected chi connectivity index (χ4v) is 2.43. The number of nitriles is 1. The SMILES string of the molecule is N#C/C(=C/NCCCc1ccccc1)C(=O)Nc1ccc(Cl)c(Cl)c1. The van der Waals surface area contributed by atoms with Crippen molar-refractivity contribution in [2.45, 2.75) is 12.8 Å². The number of carbonyl (C=O) groups excluding carboxylic acids is 1. The smallest absolute Gasteiger partial charge is 0.267 e. The lowest BCUT2D eigenvalue weighted by Gasteiger charge is -2.06. The molecule has 0 aromatic heterocycles. The van der Waals surface area contributed by atoms with Gasteiger partial charge in [-0.15, -0.1) is 0 Å². The van der Waals surface area contributed by atoms with Crippen LogP contribution in [-0.2, 0) is 11.2 Å². The lowest BCUT2D eigenvalue weighted by Crippen LogP contribution is -2.17. The van der Waals surface area contributed by atoms with Crippen molar-refractivity contribution < 1.29 is 4.79 Å². The Morgan fingerprint density at radius 3 is 2.56 bits per heavy atom. The van der Waals surface area contributed by atoms with Crippen molar-refractivity contribution in [3.05, 3.63) is 75.9 Å². The van der Waals surface area contributed by atoms with Crippen LogP contribution in [0, 0.1) is 11.3 Å². The maximum atomic E-state index is 12.1. The van der Waals surface area contributed by atoms with Crippen molar-refractivity contribution in [3.63, 3.8) is 0 Å². The van der Waals surface area contributed by atoms with Gasteiger partial charge < -0.3 is 10.6 Å². The van der Waals surface area contributed by atoms with Crippen LogP contribution in [0.15, 0.2) is 60.3 Å². The number of amides is 1. The fourth-order valence-electron chi connectivity index (χ4n) is 2.13. The molecule has 6 heteroatoms. The minimum Gasteiger partial charge on any atom is -0.390 e. The molecule has 0 aliphatic heterocycles. The molecule has 0 aliphatic carbocycles. The third-order valence-corrected chi connectivity index (χ3v) is 4.16. The molecule has 0 aliphatic rings. The lowest BCUT2D eigenvalue weighted by molar-refractivity contribution is -0.112. The summed E-state index contributed by atoms with van der Waals surface area (Å²) in [6.07, 6.45) is 3.25. The second-order valence-electron chi connectivity index (χ2n) is 5.30. The molecule has 128 valence electrons. The van der Waals surface area contributed by atoms with Crippen LogP contribution in [0.2, 0.25) is 10.0 Å². The Labute approximate surface area is 157 Å². The Kier molecular flexibility index (Phi) is 7.34. The van der Waals surface area contributed by atoms with E-state index >= 15 is 0 Å². The first kappa shape index (κ1) is 18.9. The van der Waals surface area contributed by atoms with Crippen molar-refractivity contribution in [2.75, 3.05) is 11.9 Å². The van der Waals surface area contributed by atoms with E-state index in [1.165, 1.54) is 17.8 Å². The number of carbonyl (C=O) groups is 1. The van der Waals surface area contributed by atoms with Crippen molar-refractivity contribution in [3.8, 4) is 6.07 Å². The van der Waals surface area contributed by atoms with Crippen LogP contribution < -0.4 is 10.6 Å². The van der Waals surface area contributed by atoms with Crippen molar-refractivity contribution in [2.24, 2.45) is 0 Å². The Morgan fingerprint density at radius 1 is 1.12 bits per heavy atom. The van der Waals surface area contributed by atoms with Gasteiger partial charge in [-0.25, -0.2) is 0 Å². The molecule has 25 heavy (non-hydrogen) atoms. The van der Waals surface area contributed by atoms with Crippen LogP contribution >= 0.6 is 23.2 Å². The first-order valence-electron chi connectivity index (χ1n) is 7.74. The topological polar surface area (TPSA) is 64.9 Å². The quantitative estimate of drug-likeness (QED) is 0.424.